The summed E-state index contributed by atoms with van der Waals surface area (Å²) in [6, 6.07) is 7.00. The Kier molecular flexibility index (Phi) is 2.49. The molecular formula is C15H14O5. The van der Waals surface area contributed by atoms with Crippen molar-refractivity contribution >= 4 is 11.6 Å². The molecular weight excluding hydrogens is 260 g/mol. The van der Waals surface area contributed by atoms with E-state index in [0.29, 0.717) is 17.9 Å². The number of fused-ring (bicyclic) bond motifs is 4. The number of ether oxygens (including phenoxy) is 3. The first kappa shape index (κ1) is 12.1. The molecule has 0 aromatic heterocycles. The van der Waals surface area contributed by atoms with E-state index in [1.165, 1.54) is 0 Å². The van der Waals surface area contributed by atoms with E-state index in [0.717, 1.165) is 0 Å². The van der Waals surface area contributed by atoms with Crippen molar-refractivity contribution < 1.29 is 23.8 Å². The van der Waals surface area contributed by atoms with Gasteiger partial charge in [0, 0.05) is 23.3 Å². The Balaban J connectivity index is 1.57. The summed E-state index contributed by atoms with van der Waals surface area (Å²) in [5, 5.41) is 0. The number of benzene rings is 1. The fraction of sp³-hybridized carbons (Fsp3) is 0.467. The van der Waals surface area contributed by atoms with Crippen molar-refractivity contribution in [3.63, 3.8) is 0 Å². The van der Waals surface area contributed by atoms with Crippen LogP contribution >= 0.6 is 0 Å². The van der Waals surface area contributed by atoms with Crippen molar-refractivity contribution in [3.8, 4) is 5.75 Å². The summed E-state index contributed by atoms with van der Waals surface area (Å²) in [6.45, 7) is 0.421. The first-order chi connectivity index (χ1) is 9.70. The molecule has 2 aliphatic heterocycles. The second kappa shape index (κ2) is 4.14. The Hall–Kier alpha value is -1.72. The number of carbonyl (C=O) groups excluding carboxylic acids is 2. The average Bonchev–Trinajstić information content (AvgIpc) is 3.09. The third-order valence-corrected chi connectivity index (χ3v) is 4.45. The summed E-state index contributed by atoms with van der Waals surface area (Å²) in [4.78, 5) is 24.6. The van der Waals surface area contributed by atoms with Gasteiger partial charge in [-0.15, -0.1) is 0 Å². The molecule has 1 saturated carbocycles. The quantitative estimate of drug-likeness (QED) is 0.771. The standard InChI is InChI=1S/C15H14O5/c1-18-8-4-2-7(3-5-8)13(16)11-10-9-6-19-15(20-9)14(17)12(10)11/h2-5,9-12,15H,6H2,1H3/t9-,10+,11-,12+,15-/m1/s1. The first-order valence-corrected chi connectivity index (χ1v) is 6.70. The van der Waals surface area contributed by atoms with Crippen molar-refractivity contribution in [2.45, 2.75) is 12.4 Å². The lowest BCUT2D eigenvalue weighted by molar-refractivity contribution is -0.153. The van der Waals surface area contributed by atoms with Crippen LogP contribution in [-0.4, -0.2) is 37.7 Å². The van der Waals surface area contributed by atoms with E-state index in [2.05, 4.69) is 0 Å². The lowest BCUT2D eigenvalue weighted by atomic mass is 10.0. The molecule has 4 rings (SSSR count). The monoisotopic (exact) mass is 274 g/mol. The number of hydrogen-bond acceptors (Lipinski definition) is 5. The van der Waals surface area contributed by atoms with Gasteiger partial charge in [0.25, 0.3) is 0 Å². The number of methoxy groups -OCH3 is 1. The third-order valence-electron chi connectivity index (χ3n) is 4.45. The van der Waals surface area contributed by atoms with E-state index in [1.54, 1.807) is 31.4 Å². The Morgan fingerprint density at radius 1 is 1.30 bits per heavy atom. The van der Waals surface area contributed by atoms with Crippen LogP contribution in [0.4, 0.5) is 0 Å². The predicted octanol–water partition coefficient (Wildman–Crippen LogP) is 1.06. The maximum atomic E-state index is 12.5. The van der Waals surface area contributed by atoms with E-state index in [4.69, 9.17) is 14.2 Å². The summed E-state index contributed by atoms with van der Waals surface area (Å²) in [6.07, 6.45) is -0.843. The molecule has 20 heavy (non-hydrogen) atoms. The number of rotatable bonds is 3. The highest BCUT2D eigenvalue weighted by atomic mass is 16.7. The van der Waals surface area contributed by atoms with Gasteiger partial charge >= 0.3 is 0 Å². The van der Waals surface area contributed by atoms with E-state index >= 15 is 0 Å². The van der Waals surface area contributed by atoms with Gasteiger partial charge in [-0.05, 0) is 24.3 Å². The van der Waals surface area contributed by atoms with Crippen LogP contribution in [0.25, 0.3) is 0 Å². The molecule has 2 bridgehead atoms. The molecule has 5 nitrogen and oxygen atoms in total. The molecule has 2 heterocycles. The molecule has 0 radical (unpaired) electrons. The zero-order chi connectivity index (χ0) is 13.9. The number of carbonyl (C=O) groups is 2. The molecule has 0 N–H and O–H groups in total. The summed E-state index contributed by atoms with van der Waals surface area (Å²) < 4.78 is 15.8. The van der Waals surface area contributed by atoms with E-state index < -0.39 is 6.29 Å². The van der Waals surface area contributed by atoms with Gasteiger partial charge in [0.1, 0.15) is 5.75 Å². The molecule has 104 valence electrons. The highest BCUT2D eigenvalue weighted by molar-refractivity contribution is 6.05. The molecule has 5 heteroatoms. The average molecular weight is 274 g/mol. The van der Waals surface area contributed by atoms with Gasteiger partial charge in [-0.3, -0.25) is 9.59 Å². The first-order valence-electron chi connectivity index (χ1n) is 6.70. The van der Waals surface area contributed by atoms with Crippen LogP contribution in [-0.2, 0) is 14.3 Å². The number of hydrogen-bond donors (Lipinski definition) is 0. The summed E-state index contributed by atoms with van der Waals surface area (Å²) >= 11 is 0. The van der Waals surface area contributed by atoms with Crippen LogP contribution in [0.2, 0.25) is 0 Å². The number of ketones is 2. The minimum Gasteiger partial charge on any atom is -0.497 e. The van der Waals surface area contributed by atoms with Gasteiger partial charge in [0.05, 0.1) is 19.8 Å². The van der Waals surface area contributed by atoms with Crippen LogP contribution in [0.15, 0.2) is 24.3 Å². The van der Waals surface area contributed by atoms with Gasteiger partial charge in [-0.1, -0.05) is 0 Å². The smallest absolute Gasteiger partial charge is 0.218 e. The minimum atomic E-state index is -0.741. The molecule has 3 fully saturated rings. The molecule has 0 spiro atoms. The fourth-order valence-corrected chi connectivity index (χ4v) is 3.38. The highest BCUT2D eigenvalue weighted by Crippen LogP contribution is 2.57. The van der Waals surface area contributed by atoms with Crippen molar-refractivity contribution in [3.05, 3.63) is 29.8 Å². The zero-order valence-electron chi connectivity index (χ0n) is 10.9. The molecule has 1 aliphatic carbocycles. The summed E-state index contributed by atoms with van der Waals surface area (Å²) in [5.41, 5.74) is 0.620. The second-order valence-corrected chi connectivity index (χ2v) is 5.46. The largest absolute Gasteiger partial charge is 0.497 e. The van der Waals surface area contributed by atoms with Crippen LogP contribution in [0.1, 0.15) is 10.4 Å². The molecule has 5 atom stereocenters. The van der Waals surface area contributed by atoms with Gasteiger partial charge in [-0.2, -0.15) is 0 Å². The number of Topliss-reactive ketones (excluding diaryl/α,β-unsaturated/α-hetero) is 2. The predicted molar refractivity (Wildman–Crippen MR) is 67.4 cm³/mol. The molecule has 0 unspecified atom stereocenters. The zero-order valence-corrected chi connectivity index (χ0v) is 10.9. The molecule has 0 amide bonds. The maximum absolute atomic E-state index is 12.5. The third kappa shape index (κ3) is 1.57. The van der Waals surface area contributed by atoms with Crippen molar-refractivity contribution in [1.82, 2.24) is 0 Å². The molecule has 3 aliphatic rings. The highest BCUT2D eigenvalue weighted by Gasteiger charge is 2.68. The van der Waals surface area contributed by atoms with Gasteiger partial charge in [-0.25, -0.2) is 0 Å². The summed E-state index contributed by atoms with van der Waals surface area (Å²) in [7, 11) is 1.58. The maximum Gasteiger partial charge on any atom is 0.218 e. The van der Waals surface area contributed by atoms with Crippen LogP contribution in [0.5, 0.6) is 5.75 Å². The minimum absolute atomic E-state index is 0.00384. The van der Waals surface area contributed by atoms with Crippen molar-refractivity contribution in [2.75, 3.05) is 13.7 Å². The summed E-state index contributed by atoms with van der Waals surface area (Å²) in [5.74, 6) is 0.200. The second-order valence-electron chi connectivity index (χ2n) is 5.46. The van der Waals surface area contributed by atoms with E-state index in [1.807, 2.05) is 0 Å². The SMILES string of the molecule is COc1ccc(C(=O)[C@H]2[C@H]3C(=O)[C@@H]4OC[C@@H](O4)[C@H]32)cc1. The van der Waals surface area contributed by atoms with Gasteiger partial charge in [0.2, 0.25) is 6.29 Å². The van der Waals surface area contributed by atoms with E-state index in [-0.39, 0.29) is 35.4 Å². The van der Waals surface area contributed by atoms with Crippen molar-refractivity contribution in [1.29, 1.82) is 0 Å². The van der Waals surface area contributed by atoms with Crippen LogP contribution in [0.3, 0.4) is 0 Å². The lowest BCUT2D eigenvalue weighted by Crippen LogP contribution is -2.30. The fourth-order valence-electron chi connectivity index (χ4n) is 3.38. The molecule has 1 aromatic rings. The van der Waals surface area contributed by atoms with Crippen LogP contribution in [0, 0.1) is 17.8 Å². The normalized spacial score (nSPS) is 37.5. The van der Waals surface area contributed by atoms with Crippen LogP contribution < -0.4 is 4.74 Å². The Labute approximate surface area is 115 Å². The Bertz CT molecular complexity index is 578. The molecule has 2 saturated heterocycles. The van der Waals surface area contributed by atoms with Crippen molar-refractivity contribution in [2.24, 2.45) is 17.8 Å². The Morgan fingerprint density at radius 3 is 2.75 bits per heavy atom. The lowest BCUT2D eigenvalue weighted by Gasteiger charge is -2.14. The van der Waals surface area contributed by atoms with E-state index in [9.17, 15) is 9.59 Å². The van der Waals surface area contributed by atoms with Gasteiger partial charge in [0.15, 0.2) is 11.6 Å². The Morgan fingerprint density at radius 2 is 2.05 bits per heavy atom. The topological polar surface area (TPSA) is 61.8 Å². The van der Waals surface area contributed by atoms with Gasteiger partial charge < -0.3 is 14.2 Å². The molecule has 1 aromatic carbocycles.